The molecule has 0 fully saturated rings. The summed E-state index contributed by atoms with van der Waals surface area (Å²) in [6.07, 6.45) is 1.33. The molecule has 0 spiro atoms. The molecule has 0 aliphatic carbocycles. The van der Waals surface area contributed by atoms with Crippen molar-refractivity contribution >= 4 is 17.0 Å². The first-order valence-corrected chi connectivity index (χ1v) is 5.71. The average Bonchev–Trinajstić information content (AvgIpc) is 2.47. The summed E-state index contributed by atoms with van der Waals surface area (Å²) < 4.78 is 0. The van der Waals surface area contributed by atoms with Gasteiger partial charge in [-0.2, -0.15) is 4.98 Å². The number of aromatic hydroxyl groups is 1. The van der Waals surface area contributed by atoms with Gasteiger partial charge in [-0.25, -0.2) is 15.8 Å². The Bertz CT molecular complexity index is 845. The molecule has 0 saturated carbocycles. The number of phenolic OH excluding ortho intramolecular Hbond substituents is 1. The van der Waals surface area contributed by atoms with Gasteiger partial charge in [0, 0.05) is 6.20 Å². The molecule has 0 aliphatic rings. The van der Waals surface area contributed by atoms with Gasteiger partial charge in [-0.3, -0.25) is 10.2 Å². The monoisotopic (exact) mass is 270 g/mol. The molecular formula is C12H10N6O2. The van der Waals surface area contributed by atoms with Gasteiger partial charge in [-0.15, -0.1) is 0 Å². The molecule has 3 aromatic rings. The summed E-state index contributed by atoms with van der Waals surface area (Å²) in [6.45, 7) is 0. The SMILES string of the molecule is NNc1ncc2c(=O)[nH]c(-c3ccccc3O)nc2n1. The quantitative estimate of drug-likeness (QED) is 0.391. The molecule has 1 aromatic carbocycles. The second-order valence-electron chi connectivity index (χ2n) is 4.01. The molecule has 2 heterocycles. The molecule has 100 valence electrons. The summed E-state index contributed by atoms with van der Waals surface area (Å²) in [4.78, 5) is 26.6. The molecule has 8 heteroatoms. The Hall–Kier alpha value is -3.00. The Morgan fingerprint density at radius 1 is 1.25 bits per heavy atom. The van der Waals surface area contributed by atoms with E-state index in [0.29, 0.717) is 5.56 Å². The smallest absolute Gasteiger partial charge is 0.262 e. The summed E-state index contributed by atoms with van der Waals surface area (Å²) in [5.41, 5.74) is 2.49. The van der Waals surface area contributed by atoms with Crippen LogP contribution in [0, 0.1) is 0 Å². The maximum atomic E-state index is 12.0. The number of nitrogens with zero attached hydrogens (tertiary/aromatic N) is 3. The molecular weight excluding hydrogens is 260 g/mol. The predicted molar refractivity (Wildman–Crippen MR) is 72.9 cm³/mol. The van der Waals surface area contributed by atoms with Crippen molar-refractivity contribution in [2.24, 2.45) is 5.84 Å². The lowest BCUT2D eigenvalue weighted by Gasteiger charge is -2.05. The van der Waals surface area contributed by atoms with Gasteiger partial charge in [0.1, 0.15) is 17.0 Å². The van der Waals surface area contributed by atoms with Crippen molar-refractivity contribution < 1.29 is 5.11 Å². The topological polar surface area (TPSA) is 130 Å². The number of phenols is 1. The first-order valence-electron chi connectivity index (χ1n) is 5.71. The number of H-pyrrole nitrogens is 1. The van der Waals surface area contributed by atoms with Crippen LogP contribution in [0.25, 0.3) is 22.4 Å². The highest BCUT2D eigenvalue weighted by molar-refractivity contribution is 5.76. The number of hydrogen-bond acceptors (Lipinski definition) is 7. The van der Waals surface area contributed by atoms with E-state index in [1.54, 1.807) is 18.2 Å². The van der Waals surface area contributed by atoms with Crippen LogP contribution in [0.4, 0.5) is 5.95 Å². The van der Waals surface area contributed by atoms with Crippen LogP contribution in [0.2, 0.25) is 0 Å². The Labute approximate surface area is 112 Å². The van der Waals surface area contributed by atoms with Gasteiger partial charge in [0.05, 0.1) is 5.56 Å². The maximum Gasteiger partial charge on any atom is 0.262 e. The van der Waals surface area contributed by atoms with Crippen LogP contribution < -0.4 is 16.8 Å². The lowest BCUT2D eigenvalue weighted by molar-refractivity contribution is 0.477. The summed E-state index contributed by atoms with van der Waals surface area (Å²) >= 11 is 0. The summed E-state index contributed by atoms with van der Waals surface area (Å²) in [5.74, 6) is 5.61. The highest BCUT2D eigenvalue weighted by Crippen LogP contribution is 2.25. The van der Waals surface area contributed by atoms with Gasteiger partial charge in [0.25, 0.3) is 5.56 Å². The van der Waals surface area contributed by atoms with E-state index >= 15 is 0 Å². The minimum Gasteiger partial charge on any atom is -0.507 e. The van der Waals surface area contributed by atoms with E-state index in [-0.39, 0.29) is 28.6 Å². The van der Waals surface area contributed by atoms with Crippen LogP contribution in [0.1, 0.15) is 0 Å². The Morgan fingerprint density at radius 3 is 2.80 bits per heavy atom. The lowest BCUT2D eigenvalue weighted by Crippen LogP contribution is -2.14. The van der Waals surface area contributed by atoms with E-state index in [9.17, 15) is 9.90 Å². The largest absolute Gasteiger partial charge is 0.507 e. The number of anilines is 1. The van der Waals surface area contributed by atoms with Crippen molar-refractivity contribution in [3.63, 3.8) is 0 Å². The standard InChI is InChI=1S/C12H10N6O2/c13-18-12-14-5-7-10(17-12)15-9(16-11(7)20)6-3-1-2-4-8(6)19/h1-5,19H,13H2,(H2,14,15,16,17,18,20). The van der Waals surface area contributed by atoms with E-state index in [4.69, 9.17) is 5.84 Å². The van der Waals surface area contributed by atoms with Gasteiger partial charge >= 0.3 is 0 Å². The number of aromatic nitrogens is 4. The van der Waals surface area contributed by atoms with Crippen LogP contribution in [-0.2, 0) is 0 Å². The first-order chi connectivity index (χ1) is 9.69. The first kappa shape index (κ1) is 12.1. The predicted octanol–water partition coefficient (Wildman–Crippen LogP) is 0.371. The molecule has 0 aliphatic heterocycles. The van der Waals surface area contributed by atoms with E-state index in [1.807, 2.05) is 0 Å². The fraction of sp³-hybridized carbons (Fsp3) is 0. The molecule has 0 atom stereocenters. The summed E-state index contributed by atoms with van der Waals surface area (Å²) in [7, 11) is 0. The average molecular weight is 270 g/mol. The van der Waals surface area contributed by atoms with Crippen molar-refractivity contribution in [1.82, 2.24) is 19.9 Å². The zero-order chi connectivity index (χ0) is 14.1. The normalized spacial score (nSPS) is 10.7. The third-order valence-electron chi connectivity index (χ3n) is 2.75. The zero-order valence-corrected chi connectivity index (χ0v) is 10.2. The number of nitrogens with one attached hydrogen (secondary N) is 2. The number of rotatable bonds is 2. The third kappa shape index (κ3) is 1.93. The second-order valence-corrected chi connectivity index (χ2v) is 4.01. The number of fused-ring (bicyclic) bond motifs is 1. The van der Waals surface area contributed by atoms with Crippen molar-refractivity contribution in [2.75, 3.05) is 5.43 Å². The second kappa shape index (κ2) is 4.59. The molecule has 0 saturated heterocycles. The van der Waals surface area contributed by atoms with E-state index in [2.05, 4.69) is 25.4 Å². The molecule has 2 aromatic heterocycles. The van der Waals surface area contributed by atoms with Crippen molar-refractivity contribution in [2.45, 2.75) is 0 Å². The molecule has 0 amide bonds. The van der Waals surface area contributed by atoms with Crippen molar-refractivity contribution in [3.05, 3.63) is 40.8 Å². The number of aromatic amines is 1. The van der Waals surface area contributed by atoms with Gasteiger partial charge in [-0.05, 0) is 12.1 Å². The number of hydrazine groups is 1. The number of nitrogen functional groups attached to an aromatic ring is 1. The minimum absolute atomic E-state index is 0.0150. The molecule has 0 bridgehead atoms. The summed E-state index contributed by atoms with van der Waals surface area (Å²) in [6, 6.07) is 6.55. The van der Waals surface area contributed by atoms with Crippen LogP contribution in [-0.4, -0.2) is 25.0 Å². The van der Waals surface area contributed by atoms with Crippen molar-refractivity contribution in [3.8, 4) is 17.1 Å². The summed E-state index contributed by atoms with van der Waals surface area (Å²) in [5, 5.41) is 10.0. The van der Waals surface area contributed by atoms with Gasteiger partial charge < -0.3 is 10.1 Å². The van der Waals surface area contributed by atoms with Gasteiger partial charge in [-0.1, -0.05) is 12.1 Å². The van der Waals surface area contributed by atoms with E-state index in [1.165, 1.54) is 12.3 Å². The lowest BCUT2D eigenvalue weighted by atomic mass is 10.2. The van der Waals surface area contributed by atoms with Crippen LogP contribution in [0.5, 0.6) is 5.75 Å². The minimum atomic E-state index is -0.392. The highest BCUT2D eigenvalue weighted by atomic mass is 16.3. The number of para-hydroxylation sites is 1. The van der Waals surface area contributed by atoms with Gasteiger partial charge in [0.15, 0.2) is 5.65 Å². The van der Waals surface area contributed by atoms with E-state index < -0.39 is 5.56 Å². The van der Waals surface area contributed by atoms with Crippen LogP contribution in [0.15, 0.2) is 35.3 Å². The molecule has 5 N–H and O–H groups in total. The molecule has 20 heavy (non-hydrogen) atoms. The Balaban J connectivity index is 2.28. The third-order valence-corrected chi connectivity index (χ3v) is 2.75. The van der Waals surface area contributed by atoms with Crippen LogP contribution >= 0.6 is 0 Å². The molecule has 3 rings (SSSR count). The van der Waals surface area contributed by atoms with Gasteiger partial charge in [0.2, 0.25) is 5.95 Å². The zero-order valence-electron chi connectivity index (χ0n) is 10.2. The Kier molecular flexibility index (Phi) is 2.77. The number of hydrogen-bond donors (Lipinski definition) is 4. The highest BCUT2D eigenvalue weighted by Gasteiger charge is 2.10. The Morgan fingerprint density at radius 2 is 2.05 bits per heavy atom. The fourth-order valence-electron chi connectivity index (χ4n) is 1.80. The maximum absolute atomic E-state index is 12.0. The fourth-order valence-corrected chi connectivity index (χ4v) is 1.80. The van der Waals surface area contributed by atoms with E-state index in [0.717, 1.165) is 0 Å². The van der Waals surface area contributed by atoms with Crippen LogP contribution in [0.3, 0.4) is 0 Å². The molecule has 8 nitrogen and oxygen atoms in total. The van der Waals surface area contributed by atoms with Crippen molar-refractivity contribution in [1.29, 1.82) is 0 Å². The number of nitrogens with two attached hydrogens (primary N) is 1. The molecule has 0 unspecified atom stereocenters. The number of benzene rings is 1. The molecule has 0 radical (unpaired) electrons.